The number of ether oxygens (including phenoxy) is 2. The number of nitrogens with one attached hydrogen (secondary N) is 2. The summed E-state index contributed by atoms with van der Waals surface area (Å²) in [6.45, 7) is 3.54. The topological polar surface area (TPSA) is 145 Å². The van der Waals surface area contributed by atoms with Crippen LogP contribution in [-0.4, -0.2) is 81.5 Å². The number of thioether (sulfide) groups is 2. The molecule has 0 saturated carbocycles. The molecule has 2 aromatic carbocycles. The van der Waals surface area contributed by atoms with E-state index in [2.05, 4.69) is 10.6 Å². The van der Waals surface area contributed by atoms with Crippen molar-refractivity contribution in [3.63, 3.8) is 0 Å². The molecule has 1 aliphatic heterocycles. The van der Waals surface area contributed by atoms with E-state index in [9.17, 15) is 27.6 Å². The lowest BCUT2D eigenvalue weighted by molar-refractivity contribution is -0.147. The van der Waals surface area contributed by atoms with Crippen LogP contribution in [0, 0.1) is 11.8 Å². The van der Waals surface area contributed by atoms with Crippen molar-refractivity contribution in [1.82, 2.24) is 10.6 Å². The number of benzene rings is 2. The molecule has 1 saturated heterocycles. The van der Waals surface area contributed by atoms with Gasteiger partial charge >= 0.3 is 11.9 Å². The fourth-order valence-electron chi connectivity index (χ4n) is 5.47. The Morgan fingerprint density at radius 2 is 1.09 bits per heavy atom. The first-order chi connectivity index (χ1) is 21.1. The van der Waals surface area contributed by atoms with Crippen LogP contribution in [0.15, 0.2) is 60.7 Å². The minimum atomic E-state index is -4.28. The summed E-state index contributed by atoms with van der Waals surface area (Å²) in [6, 6.07) is 14.8. The van der Waals surface area contributed by atoms with Gasteiger partial charge < -0.3 is 20.1 Å². The average molecular weight is 665 g/mol. The smallest absolute Gasteiger partial charge is 0.329 e. The van der Waals surface area contributed by atoms with Crippen molar-refractivity contribution in [3.8, 4) is 0 Å². The first-order valence-corrected chi connectivity index (χ1v) is 18.7. The Morgan fingerprint density at radius 1 is 0.727 bits per heavy atom. The van der Waals surface area contributed by atoms with Gasteiger partial charge in [-0.15, -0.1) is 0 Å². The first kappa shape index (κ1) is 35.4. The number of hydrogen-bond acceptors (Lipinski definition) is 10. The number of carbonyl (C=O) groups excluding carboxylic acids is 4. The van der Waals surface area contributed by atoms with Crippen molar-refractivity contribution >= 4 is 57.1 Å². The zero-order valence-corrected chi connectivity index (χ0v) is 27.7. The summed E-state index contributed by atoms with van der Waals surface area (Å²) in [7, 11) is -4.28. The lowest BCUT2D eigenvalue weighted by Crippen LogP contribution is -2.54. The normalized spacial score (nSPS) is 22.2. The van der Waals surface area contributed by atoms with Gasteiger partial charge in [0.05, 0.1) is 35.5 Å². The molecule has 0 radical (unpaired) electrons. The van der Waals surface area contributed by atoms with Gasteiger partial charge in [0.15, 0.2) is 9.84 Å². The van der Waals surface area contributed by atoms with Crippen LogP contribution in [0.5, 0.6) is 0 Å². The summed E-state index contributed by atoms with van der Waals surface area (Å²) >= 11 is 2.65. The molecule has 44 heavy (non-hydrogen) atoms. The van der Waals surface area contributed by atoms with Gasteiger partial charge in [-0.25, -0.2) is 18.0 Å². The Kier molecular flexibility index (Phi) is 13.6. The van der Waals surface area contributed by atoms with E-state index in [1.165, 1.54) is 23.5 Å². The summed E-state index contributed by atoms with van der Waals surface area (Å²) in [4.78, 5) is 53.3. The van der Waals surface area contributed by atoms with Crippen LogP contribution in [0.2, 0.25) is 0 Å². The fourth-order valence-corrected chi connectivity index (χ4v) is 9.35. The van der Waals surface area contributed by atoms with Crippen LogP contribution in [0.4, 0.5) is 0 Å². The predicted octanol–water partition coefficient (Wildman–Crippen LogP) is 3.34. The minimum Gasteiger partial charge on any atom is -0.464 e. The summed E-state index contributed by atoms with van der Waals surface area (Å²) in [6.07, 6.45) is 3.39. The van der Waals surface area contributed by atoms with Crippen molar-refractivity contribution in [2.45, 2.75) is 42.9 Å². The van der Waals surface area contributed by atoms with Crippen LogP contribution in [-0.2, 0) is 38.5 Å². The Bertz CT molecular complexity index is 1280. The predicted molar refractivity (Wildman–Crippen MR) is 173 cm³/mol. The van der Waals surface area contributed by atoms with E-state index in [-0.39, 0.29) is 31.1 Å². The SMILES string of the molecule is CCOC(=O)C(CSC)NC(=O)C1CC(C(=O)NC(CSC)C(=O)OCC)C(c2ccccc2)S(=O)(=O)C1c1ccccc1. The molecule has 240 valence electrons. The third kappa shape index (κ3) is 8.57. The van der Waals surface area contributed by atoms with Gasteiger partial charge in [-0.2, -0.15) is 23.5 Å². The molecular formula is C31H40N2O8S3. The third-order valence-corrected chi connectivity index (χ3v) is 11.3. The van der Waals surface area contributed by atoms with Crippen LogP contribution in [0.3, 0.4) is 0 Å². The summed E-state index contributed by atoms with van der Waals surface area (Å²) in [5.74, 6) is -4.63. The molecule has 2 amide bonds. The second kappa shape index (κ2) is 16.9. The van der Waals surface area contributed by atoms with Gasteiger partial charge in [0.2, 0.25) is 11.8 Å². The maximum atomic E-state index is 14.7. The monoisotopic (exact) mass is 664 g/mol. The molecule has 2 N–H and O–H groups in total. The summed E-state index contributed by atoms with van der Waals surface area (Å²) < 4.78 is 39.7. The van der Waals surface area contributed by atoms with Gasteiger partial charge in [-0.1, -0.05) is 60.7 Å². The highest BCUT2D eigenvalue weighted by atomic mass is 32.2. The van der Waals surface area contributed by atoms with E-state index in [1.807, 2.05) is 0 Å². The molecule has 3 rings (SSSR count). The van der Waals surface area contributed by atoms with Crippen molar-refractivity contribution in [2.75, 3.05) is 37.2 Å². The number of amides is 2. The molecule has 13 heteroatoms. The maximum absolute atomic E-state index is 14.7. The molecule has 1 aliphatic rings. The molecular weight excluding hydrogens is 625 g/mol. The Morgan fingerprint density at radius 3 is 1.41 bits per heavy atom. The van der Waals surface area contributed by atoms with Crippen molar-refractivity contribution in [2.24, 2.45) is 11.8 Å². The van der Waals surface area contributed by atoms with Gasteiger partial charge in [0, 0.05) is 11.5 Å². The highest BCUT2D eigenvalue weighted by Gasteiger charge is 2.55. The Balaban J connectivity index is 2.13. The van der Waals surface area contributed by atoms with Crippen LogP contribution >= 0.6 is 23.5 Å². The number of rotatable bonds is 14. The molecule has 0 aliphatic carbocycles. The van der Waals surface area contributed by atoms with E-state index in [4.69, 9.17) is 9.47 Å². The zero-order valence-electron chi connectivity index (χ0n) is 25.3. The number of carbonyl (C=O) groups is 4. The van der Waals surface area contributed by atoms with E-state index in [1.54, 1.807) is 87.0 Å². The molecule has 10 nitrogen and oxygen atoms in total. The number of esters is 2. The van der Waals surface area contributed by atoms with Crippen molar-refractivity contribution < 1.29 is 37.1 Å². The molecule has 1 heterocycles. The second-order valence-electron chi connectivity index (χ2n) is 10.2. The Hall–Kier alpha value is -3.03. The lowest BCUT2D eigenvalue weighted by atomic mass is 9.83. The van der Waals surface area contributed by atoms with Gasteiger partial charge in [0.1, 0.15) is 12.1 Å². The van der Waals surface area contributed by atoms with Gasteiger partial charge in [-0.05, 0) is 43.9 Å². The highest BCUT2D eigenvalue weighted by molar-refractivity contribution is 7.98. The van der Waals surface area contributed by atoms with E-state index < -0.39 is 68.0 Å². The molecule has 1 fully saturated rings. The van der Waals surface area contributed by atoms with Gasteiger partial charge in [0.25, 0.3) is 0 Å². The summed E-state index contributed by atoms with van der Waals surface area (Å²) in [5.41, 5.74) is 0.800. The van der Waals surface area contributed by atoms with E-state index >= 15 is 0 Å². The molecule has 0 spiro atoms. The third-order valence-electron chi connectivity index (χ3n) is 7.32. The van der Waals surface area contributed by atoms with Gasteiger partial charge in [-0.3, -0.25) is 9.59 Å². The molecule has 2 aromatic rings. The Labute approximate surface area is 267 Å². The maximum Gasteiger partial charge on any atom is 0.329 e. The minimum absolute atomic E-state index is 0.114. The van der Waals surface area contributed by atoms with Crippen molar-refractivity contribution in [3.05, 3.63) is 71.8 Å². The van der Waals surface area contributed by atoms with Crippen LogP contribution in [0.25, 0.3) is 0 Å². The number of sulfone groups is 1. The number of hydrogen-bond donors (Lipinski definition) is 2. The van der Waals surface area contributed by atoms with E-state index in [0.29, 0.717) is 11.1 Å². The largest absolute Gasteiger partial charge is 0.464 e. The zero-order chi connectivity index (χ0) is 32.3. The van der Waals surface area contributed by atoms with Crippen LogP contribution in [0.1, 0.15) is 41.9 Å². The molecule has 6 unspecified atom stereocenters. The molecule has 0 aromatic heterocycles. The standard InChI is InChI=1S/C31H40N2O8S3/c1-5-40-30(36)24(18-42-3)32-28(34)22-17-23(29(35)33-25(19-43-4)31(37)41-6-2)27(21-15-11-8-12-16-21)44(38,39)26(22)20-13-9-7-10-14-20/h7-16,22-27H,5-6,17-19H2,1-4H3,(H,32,34)(H,33,35). The summed E-state index contributed by atoms with van der Waals surface area (Å²) in [5, 5.41) is 2.82. The first-order valence-electron chi connectivity index (χ1n) is 14.3. The average Bonchev–Trinajstić information content (AvgIpc) is 3.00. The fraction of sp³-hybridized carbons (Fsp3) is 0.484. The quantitative estimate of drug-likeness (QED) is 0.289. The molecule has 0 bridgehead atoms. The highest BCUT2D eigenvalue weighted by Crippen LogP contribution is 2.51. The van der Waals surface area contributed by atoms with Crippen LogP contribution < -0.4 is 10.6 Å². The second-order valence-corrected chi connectivity index (χ2v) is 14.3. The van der Waals surface area contributed by atoms with E-state index in [0.717, 1.165) is 0 Å². The molecule has 6 atom stereocenters. The van der Waals surface area contributed by atoms with Crippen molar-refractivity contribution in [1.29, 1.82) is 0 Å². The lowest BCUT2D eigenvalue weighted by Gasteiger charge is -2.41.